The van der Waals surface area contributed by atoms with Crippen LogP contribution in [0.15, 0.2) is 24.3 Å². The van der Waals surface area contributed by atoms with E-state index in [0.29, 0.717) is 0 Å². The molecule has 0 fully saturated rings. The van der Waals surface area contributed by atoms with Crippen LogP contribution in [0.5, 0.6) is 0 Å². The van der Waals surface area contributed by atoms with Crippen molar-refractivity contribution in [2.24, 2.45) is 5.14 Å². The number of nitrogens with two attached hydrogens (primary N) is 1. The predicted octanol–water partition coefficient (Wildman–Crippen LogP) is -2.21. The van der Waals surface area contributed by atoms with Gasteiger partial charge in [-0.05, 0) is 12.5 Å². The topological polar surface area (TPSA) is 60.2 Å². The van der Waals surface area contributed by atoms with Gasteiger partial charge in [0, 0.05) is 0 Å². The van der Waals surface area contributed by atoms with Gasteiger partial charge in [0.1, 0.15) is 0 Å². The molecule has 0 aliphatic rings. The van der Waals surface area contributed by atoms with Crippen molar-refractivity contribution >= 4 is 10.0 Å². The molecule has 1 aromatic carbocycles. The van der Waals surface area contributed by atoms with Crippen LogP contribution in [0.3, 0.4) is 0 Å². The molecule has 1 aromatic rings. The van der Waals surface area contributed by atoms with Crippen molar-refractivity contribution in [3.8, 4) is 0 Å². The monoisotopic (exact) mass is 224 g/mol. The molecule has 0 aliphatic carbocycles. The number of hydrogen-bond acceptors (Lipinski definition) is 2. The Hall–Kier alpha value is 0.766. The van der Waals surface area contributed by atoms with Crippen molar-refractivity contribution in [1.29, 1.82) is 0 Å². The Balaban J connectivity index is 0.00000144. The molecule has 5 heteroatoms. The van der Waals surface area contributed by atoms with Crippen molar-refractivity contribution < 1.29 is 59.8 Å². The number of rotatable bonds is 2. The number of sulfonamides is 1. The van der Waals surface area contributed by atoms with Crippen LogP contribution in [-0.4, -0.2) is 8.42 Å². The maximum atomic E-state index is 10.7. The molecule has 0 atom stereocenters. The van der Waals surface area contributed by atoms with Gasteiger partial charge in [-0.25, -0.2) is 13.6 Å². The molecular formula is C8H11KNO2S+. The molecule has 3 nitrogen and oxygen atoms in total. The summed E-state index contributed by atoms with van der Waals surface area (Å²) in [5.74, 6) is -0.0900. The van der Waals surface area contributed by atoms with E-state index in [1.54, 1.807) is 12.1 Å². The largest absolute Gasteiger partial charge is 1.00 e. The van der Waals surface area contributed by atoms with Crippen molar-refractivity contribution in [3.63, 3.8) is 0 Å². The summed E-state index contributed by atoms with van der Waals surface area (Å²) in [4.78, 5) is 0. The van der Waals surface area contributed by atoms with Crippen LogP contribution in [0.1, 0.15) is 11.1 Å². The Labute approximate surface area is 121 Å². The zero-order valence-corrected chi connectivity index (χ0v) is 11.8. The Morgan fingerprint density at radius 2 is 1.69 bits per heavy atom. The normalized spacial score (nSPS) is 10.6. The van der Waals surface area contributed by atoms with Crippen LogP contribution in [0.4, 0.5) is 0 Å². The van der Waals surface area contributed by atoms with Gasteiger partial charge in [0.25, 0.3) is 0 Å². The minimum absolute atomic E-state index is 0. The van der Waals surface area contributed by atoms with Gasteiger partial charge in [0.2, 0.25) is 10.0 Å². The van der Waals surface area contributed by atoms with E-state index in [1.807, 2.05) is 19.1 Å². The number of primary sulfonamides is 1. The Morgan fingerprint density at radius 1 is 1.23 bits per heavy atom. The SMILES string of the molecule is Cc1ccc(CS(N)(=O)=O)cc1.[K+]. The van der Waals surface area contributed by atoms with Crippen molar-refractivity contribution in [2.45, 2.75) is 12.7 Å². The summed E-state index contributed by atoms with van der Waals surface area (Å²) in [5.41, 5.74) is 1.83. The second kappa shape index (κ2) is 5.60. The molecule has 66 valence electrons. The van der Waals surface area contributed by atoms with E-state index in [9.17, 15) is 8.42 Å². The molecule has 0 saturated heterocycles. The second-order valence-electron chi connectivity index (χ2n) is 2.79. The first-order valence-electron chi connectivity index (χ1n) is 3.53. The van der Waals surface area contributed by atoms with E-state index in [4.69, 9.17) is 5.14 Å². The zero-order chi connectivity index (χ0) is 9.19. The summed E-state index contributed by atoms with van der Waals surface area (Å²) >= 11 is 0. The van der Waals surface area contributed by atoms with Gasteiger partial charge in [0.15, 0.2) is 0 Å². The quantitative estimate of drug-likeness (QED) is 0.579. The van der Waals surface area contributed by atoms with Gasteiger partial charge in [-0.2, -0.15) is 0 Å². The Kier molecular flexibility index (Phi) is 5.93. The summed E-state index contributed by atoms with van der Waals surface area (Å²) in [5, 5.41) is 4.88. The Bertz CT molecular complexity index is 358. The fraction of sp³-hybridized carbons (Fsp3) is 0.250. The molecule has 0 saturated carbocycles. The van der Waals surface area contributed by atoms with E-state index in [0.717, 1.165) is 11.1 Å². The second-order valence-corrected chi connectivity index (χ2v) is 4.41. The maximum absolute atomic E-state index is 10.7. The molecule has 0 heterocycles. The van der Waals surface area contributed by atoms with Gasteiger partial charge in [-0.15, -0.1) is 0 Å². The molecule has 0 radical (unpaired) electrons. The van der Waals surface area contributed by atoms with Gasteiger partial charge in [-0.3, -0.25) is 0 Å². The van der Waals surface area contributed by atoms with Crippen molar-refractivity contribution in [3.05, 3.63) is 35.4 Å². The molecule has 2 N–H and O–H groups in total. The van der Waals surface area contributed by atoms with Crippen LogP contribution < -0.4 is 56.5 Å². The predicted molar refractivity (Wildman–Crippen MR) is 48.0 cm³/mol. The van der Waals surface area contributed by atoms with E-state index in [2.05, 4.69) is 0 Å². The van der Waals surface area contributed by atoms with Crippen LogP contribution in [-0.2, 0) is 15.8 Å². The minimum Gasteiger partial charge on any atom is -0.228 e. The van der Waals surface area contributed by atoms with Gasteiger partial charge < -0.3 is 0 Å². The van der Waals surface area contributed by atoms with Crippen LogP contribution in [0.2, 0.25) is 0 Å². The van der Waals surface area contributed by atoms with Gasteiger partial charge in [-0.1, -0.05) is 29.8 Å². The summed E-state index contributed by atoms with van der Waals surface area (Å²) in [6, 6.07) is 7.25. The van der Waals surface area contributed by atoms with E-state index in [1.165, 1.54) is 0 Å². The van der Waals surface area contributed by atoms with E-state index < -0.39 is 10.0 Å². The third kappa shape index (κ3) is 5.95. The molecule has 0 amide bonds. The average Bonchev–Trinajstić information content (AvgIpc) is 1.91. The third-order valence-corrected chi connectivity index (χ3v) is 2.22. The van der Waals surface area contributed by atoms with Gasteiger partial charge in [0.05, 0.1) is 5.75 Å². The van der Waals surface area contributed by atoms with E-state index >= 15 is 0 Å². The molecular weight excluding hydrogens is 213 g/mol. The van der Waals surface area contributed by atoms with Gasteiger partial charge >= 0.3 is 51.4 Å². The van der Waals surface area contributed by atoms with Crippen LogP contribution in [0, 0.1) is 6.92 Å². The first kappa shape index (κ1) is 13.8. The third-order valence-electron chi connectivity index (χ3n) is 1.49. The standard InChI is InChI=1S/C8H11NO2S.K/c1-7-2-4-8(5-3-7)6-12(9,10)11;/h2-5H,6H2,1H3,(H2,9,10,11);/q;+1. The fourth-order valence-corrected chi connectivity index (χ4v) is 1.57. The zero-order valence-electron chi connectivity index (χ0n) is 7.82. The van der Waals surface area contributed by atoms with Crippen LogP contribution in [0.25, 0.3) is 0 Å². The number of hydrogen-bond donors (Lipinski definition) is 1. The molecule has 0 aliphatic heterocycles. The summed E-state index contributed by atoms with van der Waals surface area (Å²) < 4.78 is 21.3. The molecule has 0 aromatic heterocycles. The number of aryl methyl sites for hydroxylation is 1. The fourth-order valence-electron chi connectivity index (χ4n) is 0.917. The molecule has 1 rings (SSSR count). The summed E-state index contributed by atoms with van der Waals surface area (Å²) in [6.07, 6.45) is 0. The summed E-state index contributed by atoms with van der Waals surface area (Å²) in [7, 11) is -3.39. The Morgan fingerprint density at radius 3 is 2.08 bits per heavy atom. The van der Waals surface area contributed by atoms with E-state index in [-0.39, 0.29) is 57.1 Å². The minimum atomic E-state index is -3.39. The molecule has 0 spiro atoms. The smallest absolute Gasteiger partial charge is 0.228 e. The van der Waals surface area contributed by atoms with Crippen LogP contribution >= 0.6 is 0 Å². The summed E-state index contributed by atoms with van der Waals surface area (Å²) in [6.45, 7) is 1.95. The van der Waals surface area contributed by atoms with Crippen molar-refractivity contribution in [2.75, 3.05) is 0 Å². The molecule has 0 bridgehead atoms. The number of benzene rings is 1. The van der Waals surface area contributed by atoms with Crippen molar-refractivity contribution in [1.82, 2.24) is 0 Å². The maximum Gasteiger partial charge on any atom is 1.00 e. The molecule has 0 unspecified atom stereocenters. The first-order chi connectivity index (χ1) is 5.47. The first-order valence-corrected chi connectivity index (χ1v) is 5.25. The molecule has 13 heavy (non-hydrogen) atoms. The average molecular weight is 224 g/mol.